The molecular weight excluding hydrogens is 457 g/mol. The van der Waals surface area contributed by atoms with Gasteiger partial charge in [0.05, 0.1) is 0 Å². The van der Waals surface area contributed by atoms with Crippen molar-refractivity contribution in [1.29, 1.82) is 0 Å². The molecule has 0 bridgehead atoms. The molecule has 0 atom stereocenters. The Bertz CT molecular complexity index is 438. The smallest absolute Gasteiger partial charge is 0.225 e. The Balaban J connectivity index is 0.00000364. The maximum Gasteiger partial charge on any atom is 0.225 e. The van der Waals surface area contributed by atoms with E-state index in [-0.39, 0.29) is 24.0 Å². The summed E-state index contributed by atoms with van der Waals surface area (Å²) in [6, 6.07) is 0. The summed E-state index contributed by atoms with van der Waals surface area (Å²) < 4.78 is 5.34. The normalized spacial score (nSPS) is 18.6. The van der Waals surface area contributed by atoms with Crippen LogP contribution < -0.4 is 10.6 Å². The summed E-state index contributed by atoms with van der Waals surface area (Å²) in [5.41, 5.74) is 0. The quantitative estimate of drug-likeness (QED) is 0.208. The van der Waals surface area contributed by atoms with Gasteiger partial charge in [0, 0.05) is 71.5 Å². The molecule has 1 saturated heterocycles. The number of aliphatic imine (C=N–C) groups is 1. The minimum absolute atomic E-state index is 0. The zero-order valence-electron chi connectivity index (χ0n) is 17.0. The number of carbonyl (C=O) groups excluding carboxylic acids is 1. The fourth-order valence-electron chi connectivity index (χ4n) is 3.28. The second kappa shape index (κ2) is 14.4. The Kier molecular flexibility index (Phi) is 13.0. The predicted octanol–water partition coefficient (Wildman–Crippen LogP) is 1.53. The van der Waals surface area contributed by atoms with Crippen LogP contribution in [0.25, 0.3) is 0 Å². The lowest BCUT2D eigenvalue weighted by Gasteiger charge is -2.38. The molecule has 0 spiro atoms. The summed E-state index contributed by atoms with van der Waals surface area (Å²) in [4.78, 5) is 21.4. The van der Waals surface area contributed by atoms with Crippen molar-refractivity contribution in [1.82, 2.24) is 20.4 Å². The lowest BCUT2D eigenvalue weighted by Crippen LogP contribution is -2.52. The molecule has 8 heteroatoms. The summed E-state index contributed by atoms with van der Waals surface area (Å²) in [6.45, 7) is 12.8. The molecule has 1 heterocycles. The maximum absolute atomic E-state index is 12.3. The summed E-state index contributed by atoms with van der Waals surface area (Å²) >= 11 is 0. The topological polar surface area (TPSA) is 69.2 Å². The van der Waals surface area contributed by atoms with Gasteiger partial charge < -0.3 is 20.3 Å². The Hall–Kier alpha value is -0.610. The molecule has 1 aliphatic heterocycles. The van der Waals surface area contributed by atoms with E-state index < -0.39 is 0 Å². The number of carbonyl (C=O) groups is 1. The van der Waals surface area contributed by atoms with Crippen LogP contribution in [0.3, 0.4) is 0 Å². The number of nitrogens with one attached hydrogen (secondary N) is 2. The SMILES string of the molecule is CCNC(=NCCCOCC)NCCN1CCN(C(=O)C2CCC2)CC1.I. The maximum atomic E-state index is 12.3. The van der Waals surface area contributed by atoms with Crippen LogP contribution in [0.1, 0.15) is 39.5 Å². The Morgan fingerprint density at radius 1 is 1.15 bits per heavy atom. The fourth-order valence-corrected chi connectivity index (χ4v) is 3.28. The molecule has 27 heavy (non-hydrogen) atoms. The molecule has 0 unspecified atom stereocenters. The van der Waals surface area contributed by atoms with E-state index in [1.807, 2.05) is 6.92 Å². The number of rotatable bonds is 10. The Morgan fingerprint density at radius 2 is 1.89 bits per heavy atom. The minimum atomic E-state index is 0. The first-order valence-corrected chi connectivity index (χ1v) is 10.4. The lowest BCUT2D eigenvalue weighted by atomic mass is 9.84. The van der Waals surface area contributed by atoms with E-state index in [1.165, 1.54) is 6.42 Å². The first-order valence-electron chi connectivity index (χ1n) is 10.4. The summed E-state index contributed by atoms with van der Waals surface area (Å²) in [7, 11) is 0. The van der Waals surface area contributed by atoms with Gasteiger partial charge >= 0.3 is 0 Å². The van der Waals surface area contributed by atoms with Crippen molar-refractivity contribution < 1.29 is 9.53 Å². The fraction of sp³-hybridized carbons (Fsp3) is 0.895. The van der Waals surface area contributed by atoms with Crippen LogP contribution >= 0.6 is 24.0 Å². The van der Waals surface area contributed by atoms with E-state index in [9.17, 15) is 4.79 Å². The molecule has 1 saturated carbocycles. The third kappa shape index (κ3) is 8.95. The number of guanidine groups is 1. The predicted molar refractivity (Wildman–Crippen MR) is 121 cm³/mol. The molecule has 0 aromatic heterocycles. The largest absolute Gasteiger partial charge is 0.382 e. The molecule has 0 radical (unpaired) electrons. The highest BCUT2D eigenvalue weighted by atomic mass is 127. The van der Waals surface area contributed by atoms with Gasteiger partial charge in [0.2, 0.25) is 5.91 Å². The summed E-state index contributed by atoms with van der Waals surface area (Å²) in [5, 5.41) is 6.69. The molecule has 2 fully saturated rings. The third-order valence-corrected chi connectivity index (χ3v) is 5.12. The van der Waals surface area contributed by atoms with Gasteiger partial charge in [-0.05, 0) is 33.1 Å². The molecule has 2 N–H and O–H groups in total. The van der Waals surface area contributed by atoms with Crippen LogP contribution in [0.15, 0.2) is 4.99 Å². The first-order chi connectivity index (χ1) is 12.7. The van der Waals surface area contributed by atoms with Crippen LogP contribution in [0.5, 0.6) is 0 Å². The van der Waals surface area contributed by atoms with E-state index in [1.54, 1.807) is 0 Å². The highest BCUT2D eigenvalue weighted by molar-refractivity contribution is 14.0. The number of amides is 1. The molecule has 2 aliphatic rings. The van der Waals surface area contributed by atoms with Gasteiger partial charge in [0.25, 0.3) is 0 Å². The standard InChI is InChI=1S/C19H37N5O2.HI/c1-3-20-19(21-9-6-16-26-4-2)22-10-11-23-12-14-24(15-13-23)18(25)17-7-5-8-17;/h17H,3-16H2,1-2H3,(H2,20,21,22);1H. The minimum Gasteiger partial charge on any atom is -0.382 e. The second-order valence-corrected chi connectivity index (χ2v) is 7.03. The molecule has 0 aromatic rings. The number of hydrogen-bond acceptors (Lipinski definition) is 4. The van der Waals surface area contributed by atoms with Crippen LogP contribution in [0.2, 0.25) is 0 Å². The lowest BCUT2D eigenvalue weighted by molar-refractivity contribution is -0.139. The number of nitrogens with zero attached hydrogens (tertiary/aromatic N) is 3. The van der Waals surface area contributed by atoms with Gasteiger partial charge in [-0.3, -0.25) is 14.7 Å². The molecule has 0 aromatic carbocycles. The van der Waals surface area contributed by atoms with Crippen LogP contribution in [0, 0.1) is 5.92 Å². The molecule has 1 amide bonds. The summed E-state index contributed by atoms with van der Waals surface area (Å²) in [6.07, 6.45) is 4.37. The van der Waals surface area contributed by atoms with Crippen LogP contribution in [-0.4, -0.2) is 87.2 Å². The van der Waals surface area contributed by atoms with Gasteiger partial charge in [0.15, 0.2) is 5.96 Å². The van der Waals surface area contributed by atoms with E-state index in [0.717, 1.165) is 90.8 Å². The van der Waals surface area contributed by atoms with Crippen molar-refractivity contribution >= 4 is 35.8 Å². The van der Waals surface area contributed by atoms with Crippen molar-refractivity contribution in [3.05, 3.63) is 0 Å². The second-order valence-electron chi connectivity index (χ2n) is 7.03. The average molecular weight is 495 g/mol. The van der Waals surface area contributed by atoms with Crippen molar-refractivity contribution in [3.63, 3.8) is 0 Å². The molecular formula is C19H38IN5O2. The molecule has 158 valence electrons. The molecule has 2 rings (SSSR count). The number of piperazine rings is 1. The number of hydrogen-bond donors (Lipinski definition) is 2. The zero-order valence-corrected chi connectivity index (χ0v) is 19.4. The van der Waals surface area contributed by atoms with Crippen LogP contribution in [-0.2, 0) is 9.53 Å². The van der Waals surface area contributed by atoms with Gasteiger partial charge in [0.1, 0.15) is 0 Å². The molecule has 7 nitrogen and oxygen atoms in total. The number of halogens is 1. The average Bonchev–Trinajstić information content (AvgIpc) is 2.60. The highest BCUT2D eigenvalue weighted by Crippen LogP contribution is 2.28. The van der Waals surface area contributed by atoms with E-state index in [0.29, 0.717) is 11.8 Å². The first kappa shape index (κ1) is 24.4. The van der Waals surface area contributed by atoms with Crippen molar-refractivity contribution in [2.24, 2.45) is 10.9 Å². The van der Waals surface area contributed by atoms with Gasteiger partial charge in [-0.25, -0.2) is 0 Å². The van der Waals surface area contributed by atoms with E-state index >= 15 is 0 Å². The van der Waals surface area contributed by atoms with E-state index in [2.05, 4.69) is 32.3 Å². The van der Waals surface area contributed by atoms with E-state index in [4.69, 9.17) is 4.74 Å². The zero-order chi connectivity index (χ0) is 18.6. The van der Waals surface area contributed by atoms with Gasteiger partial charge in [-0.15, -0.1) is 24.0 Å². The van der Waals surface area contributed by atoms with Gasteiger partial charge in [-0.1, -0.05) is 6.42 Å². The number of ether oxygens (including phenoxy) is 1. The summed E-state index contributed by atoms with van der Waals surface area (Å²) in [5.74, 6) is 1.59. The van der Waals surface area contributed by atoms with Crippen molar-refractivity contribution in [3.8, 4) is 0 Å². The molecule has 1 aliphatic carbocycles. The Labute approximate surface area is 181 Å². The third-order valence-electron chi connectivity index (χ3n) is 5.12. The van der Waals surface area contributed by atoms with Crippen LogP contribution in [0.4, 0.5) is 0 Å². The highest BCUT2D eigenvalue weighted by Gasteiger charge is 2.30. The van der Waals surface area contributed by atoms with Gasteiger partial charge in [-0.2, -0.15) is 0 Å². The van der Waals surface area contributed by atoms with Crippen molar-refractivity contribution in [2.45, 2.75) is 39.5 Å². The Morgan fingerprint density at radius 3 is 2.48 bits per heavy atom. The monoisotopic (exact) mass is 495 g/mol. The van der Waals surface area contributed by atoms with Crippen molar-refractivity contribution in [2.75, 3.05) is 65.6 Å².